The minimum Gasteiger partial charge on any atom is -0.452 e. The predicted octanol–water partition coefficient (Wildman–Crippen LogP) is 2.91. The summed E-state index contributed by atoms with van der Waals surface area (Å²) in [5.74, 6) is -1.75. The summed E-state index contributed by atoms with van der Waals surface area (Å²) in [6.45, 7) is -0.601. The van der Waals surface area contributed by atoms with Gasteiger partial charge in [-0.1, -0.05) is 48.5 Å². The predicted molar refractivity (Wildman–Crippen MR) is 131 cm³/mol. The number of para-hydroxylation sites is 1. The number of carbonyl (C=O) groups is 3. The van der Waals surface area contributed by atoms with Crippen molar-refractivity contribution in [3.8, 4) is 0 Å². The van der Waals surface area contributed by atoms with Crippen molar-refractivity contribution in [2.45, 2.75) is 11.3 Å². The van der Waals surface area contributed by atoms with Crippen LogP contribution in [0.5, 0.6) is 0 Å². The molecule has 0 radical (unpaired) electrons. The Morgan fingerprint density at radius 2 is 1.51 bits per heavy atom. The number of hydrogen-bond donors (Lipinski definition) is 2. The molecule has 0 bridgehead atoms. The van der Waals surface area contributed by atoms with Crippen LogP contribution in [0.15, 0.2) is 83.8 Å². The number of ether oxygens (including phenoxy) is 1. The second-order valence-electron chi connectivity index (χ2n) is 7.70. The molecule has 0 saturated heterocycles. The van der Waals surface area contributed by atoms with Gasteiger partial charge in [0.25, 0.3) is 5.91 Å². The number of hydrogen-bond acceptors (Lipinski definition) is 6. The van der Waals surface area contributed by atoms with Crippen molar-refractivity contribution in [1.82, 2.24) is 4.31 Å². The molecule has 0 unspecified atom stereocenters. The Morgan fingerprint density at radius 1 is 0.829 bits per heavy atom. The van der Waals surface area contributed by atoms with Gasteiger partial charge in [0.2, 0.25) is 15.9 Å². The monoisotopic (exact) mass is 495 g/mol. The molecule has 0 saturated carbocycles. The first-order valence-electron chi connectivity index (χ1n) is 10.6. The molecular formula is C25H25N3O6S. The lowest BCUT2D eigenvalue weighted by Crippen LogP contribution is -2.23. The van der Waals surface area contributed by atoms with E-state index in [1.807, 2.05) is 30.3 Å². The van der Waals surface area contributed by atoms with E-state index >= 15 is 0 Å². The average molecular weight is 496 g/mol. The normalized spacial score (nSPS) is 11.1. The number of benzene rings is 3. The lowest BCUT2D eigenvalue weighted by atomic mass is 10.1. The van der Waals surface area contributed by atoms with E-state index in [1.165, 1.54) is 44.4 Å². The lowest BCUT2D eigenvalue weighted by Gasteiger charge is -2.13. The zero-order valence-corrected chi connectivity index (χ0v) is 20.0. The van der Waals surface area contributed by atoms with E-state index < -0.39 is 28.5 Å². The van der Waals surface area contributed by atoms with Gasteiger partial charge >= 0.3 is 5.97 Å². The molecule has 3 rings (SSSR count). The molecule has 3 aromatic carbocycles. The van der Waals surface area contributed by atoms with E-state index in [-0.39, 0.29) is 34.2 Å². The zero-order chi connectivity index (χ0) is 25.4. The van der Waals surface area contributed by atoms with Gasteiger partial charge in [-0.15, -0.1) is 0 Å². The fourth-order valence-electron chi connectivity index (χ4n) is 3.10. The topological polar surface area (TPSA) is 122 Å². The fraction of sp³-hybridized carbons (Fsp3) is 0.160. The number of rotatable bonds is 9. The summed E-state index contributed by atoms with van der Waals surface area (Å²) < 4.78 is 30.7. The van der Waals surface area contributed by atoms with Crippen LogP contribution in [0.4, 0.5) is 11.4 Å². The van der Waals surface area contributed by atoms with Crippen molar-refractivity contribution in [2.75, 3.05) is 31.3 Å². The third-order valence-electron chi connectivity index (χ3n) is 4.86. The quantitative estimate of drug-likeness (QED) is 0.440. The van der Waals surface area contributed by atoms with Gasteiger partial charge in [0.1, 0.15) is 0 Å². The van der Waals surface area contributed by atoms with Crippen LogP contribution in [-0.4, -0.2) is 51.2 Å². The van der Waals surface area contributed by atoms with E-state index in [0.717, 1.165) is 9.87 Å². The minimum atomic E-state index is -3.67. The smallest absolute Gasteiger partial charge is 0.340 e. The highest BCUT2D eigenvalue weighted by Gasteiger charge is 2.19. The molecule has 2 amide bonds. The fourth-order valence-corrected chi connectivity index (χ4v) is 4.04. The van der Waals surface area contributed by atoms with Crippen LogP contribution in [0.3, 0.4) is 0 Å². The highest BCUT2D eigenvalue weighted by Crippen LogP contribution is 2.19. The molecule has 0 fully saturated rings. The Morgan fingerprint density at radius 3 is 2.23 bits per heavy atom. The Bertz CT molecular complexity index is 1320. The molecular weight excluding hydrogens is 470 g/mol. The second-order valence-corrected chi connectivity index (χ2v) is 9.85. The first-order valence-corrected chi connectivity index (χ1v) is 12.0. The summed E-state index contributed by atoms with van der Waals surface area (Å²) in [5.41, 5.74) is 1.42. The lowest BCUT2D eigenvalue weighted by molar-refractivity contribution is -0.119. The summed E-state index contributed by atoms with van der Waals surface area (Å²) in [6, 6.07) is 21.2. The summed E-state index contributed by atoms with van der Waals surface area (Å²) in [5, 5.41) is 5.20. The molecule has 0 aliphatic rings. The molecule has 9 nitrogen and oxygen atoms in total. The van der Waals surface area contributed by atoms with Gasteiger partial charge in [0.15, 0.2) is 6.61 Å². The Hall–Kier alpha value is -4.02. The third kappa shape index (κ3) is 6.98. The molecule has 35 heavy (non-hydrogen) atoms. The van der Waals surface area contributed by atoms with Crippen LogP contribution in [-0.2, 0) is 30.8 Å². The molecule has 0 aromatic heterocycles. The van der Waals surface area contributed by atoms with E-state index in [2.05, 4.69) is 10.6 Å². The van der Waals surface area contributed by atoms with Gasteiger partial charge in [-0.3, -0.25) is 9.59 Å². The van der Waals surface area contributed by atoms with Crippen molar-refractivity contribution in [2.24, 2.45) is 0 Å². The SMILES string of the molecule is CN(C)S(=O)(=O)c1cccc(NC(=O)COC(=O)c2ccccc2NC(=O)Cc2ccccc2)c1. The van der Waals surface area contributed by atoms with Gasteiger partial charge < -0.3 is 15.4 Å². The van der Waals surface area contributed by atoms with Crippen LogP contribution in [0.25, 0.3) is 0 Å². The van der Waals surface area contributed by atoms with E-state index in [9.17, 15) is 22.8 Å². The van der Waals surface area contributed by atoms with E-state index in [4.69, 9.17) is 4.74 Å². The summed E-state index contributed by atoms with van der Waals surface area (Å²) in [6.07, 6.45) is 0.134. The van der Waals surface area contributed by atoms with Gasteiger partial charge in [-0.25, -0.2) is 17.5 Å². The second kappa shape index (κ2) is 11.4. The van der Waals surface area contributed by atoms with Gasteiger partial charge in [0, 0.05) is 19.8 Å². The van der Waals surface area contributed by atoms with E-state index in [1.54, 1.807) is 18.2 Å². The van der Waals surface area contributed by atoms with Crippen LogP contribution in [0.1, 0.15) is 15.9 Å². The maximum absolute atomic E-state index is 12.6. The Labute approximate surface area is 203 Å². The van der Waals surface area contributed by atoms with Crippen LogP contribution in [0, 0.1) is 0 Å². The first kappa shape index (κ1) is 25.6. The third-order valence-corrected chi connectivity index (χ3v) is 6.67. The van der Waals surface area contributed by atoms with Crippen molar-refractivity contribution in [3.05, 3.63) is 90.0 Å². The number of sulfonamides is 1. The van der Waals surface area contributed by atoms with Crippen molar-refractivity contribution >= 4 is 39.2 Å². The number of nitrogens with one attached hydrogen (secondary N) is 2. The number of esters is 1. The molecule has 0 spiro atoms. The minimum absolute atomic E-state index is 0.0115. The largest absolute Gasteiger partial charge is 0.452 e. The van der Waals surface area contributed by atoms with Crippen LogP contribution >= 0.6 is 0 Å². The maximum Gasteiger partial charge on any atom is 0.340 e. The van der Waals surface area contributed by atoms with Crippen LogP contribution in [0.2, 0.25) is 0 Å². The number of carbonyl (C=O) groups excluding carboxylic acids is 3. The maximum atomic E-state index is 12.6. The molecule has 0 atom stereocenters. The average Bonchev–Trinajstić information content (AvgIpc) is 2.83. The zero-order valence-electron chi connectivity index (χ0n) is 19.2. The van der Waals surface area contributed by atoms with Gasteiger partial charge in [-0.2, -0.15) is 0 Å². The molecule has 2 N–H and O–H groups in total. The summed E-state index contributed by atoms with van der Waals surface area (Å²) >= 11 is 0. The van der Waals surface area contributed by atoms with Gasteiger partial charge in [-0.05, 0) is 35.9 Å². The summed E-state index contributed by atoms with van der Waals surface area (Å²) in [4.78, 5) is 37.3. The Kier molecular flexibility index (Phi) is 8.34. The van der Waals surface area contributed by atoms with Crippen molar-refractivity contribution < 1.29 is 27.5 Å². The molecule has 10 heteroatoms. The van der Waals surface area contributed by atoms with Crippen molar-refractivity contribution in [1.29, 1.82) is 0 Å². The first-order chi connectivity index (χ1) is 16.7. The van der Waals surface area contributed by atoms with Crippen LogP contribution < -0.4 is 10.6 Å². The van der Waals surface area contributed by atoms with Crippen molar-refractivity contribution in [3.63, 3.8) is 0 Å². The molecule has 0 aliphatic heterocycles. The number of amides is 2. The number of nitrogens with zero attached hydrogens (tertiary/aromatic N) is 1. The standard InChI is InChI=1S/C25H25N3O6S/c1-28(2)35(32,33)20-12-8-11-19(16-20)26-24(30)17-34-25(31)21-13-6-7-14-22(21)27-23(29)15-18-9-4-3-5-10-18/h3-14,16H,15,17H2,1-2H3,(H,26,30)(H,27,29). The Balaban J connectivity index is 1.60. The van der Waals surface area contributed by atoms with Gasteiger partial charge in [0.05, 0.1) is 22.6 Å². The summed E-state index contributed by atoms with van der Waals surface area (Å²) in [7, 11) is -0.860. The molecule has 0 heterocycles. The highest BCUT2D eigenvalue weighted by molar-refractivity contribution is 7.89. The molecule has 3 aromatic rings. The number of anilines is 2. The molecule has 0 aliphatic carbocycles. The highest BCUT2D eigenvalue weighted by atomic mass is 32.2. The van der Waals surface area contributed by atoms with E-state index in [0.29, 0.717) is 0 Å². The molecule has 182 valence electrons.